The van der Waals surface area contributed by atoms with E-state index in [4.69, 9.17) is 27.6 Å². The molecule has 1 fully saturated rings. The van der Waals surface area contributed by atoms with Gasteiger partial charge in [0.05, 0.1) is 29.8 Å². The molecular formula is C26H34N8O4S. The number of rotatable bonds is 5. The maximum absolute atomic E-state index is 11.7. The molecule has 12 nitrogen and oxygen atoms in total. The average molecular weight is 555 g/mol. The van der Waals surface area contributed by atoms with Crippen LogP contribution >= 0.6 is 12.2 Å². The summed E-state index contributed by atoms with van der Waals surface area (Å²) in [5.74, 6) is 0. The fourth-order valence-electron chi connectivity index (χ4n) is 4.93. The summed E-state index contributed by atoms with van der Waals surface area (Å²) >= 11 is 5.48. The van der Waals surface area contributed by atoms with Crippen molar-refractivity contribution in [2.45, 2.75) is 71.6 Å². The largest absolute Gasteiger partial charge is 0.394 e. The quantitative estimate of drug-likeness (QED) is 0.144. The summed E-state index contributed by atoms with van der Waals surface area (Å²) in [5.41, 5.74) is 12.9. The first-order valence-electron chi connectivity index (χ1n) is 12.8. The van der Waals surface area contributed by atoms with E-state index in [0.29, 0.717) is 11.6 Å². The zero-order valence-corrected chi connectivity index (χ0v) is 23.3. The number of nitrogens with zero attached hydrogens (tertiary/aromatic N) is 6. The summed E-state index contributed by atoms with van der Waals surface area (Å²) in [6.45, 7) is 10.8. The number of H-pyrrole nitrogens is 2. The lowest BCUT2D eigenvalue weighted by Gasteiger charge is -2.26. The molecule has 4 atom stereocenters. The van der Waals surface area contributed by atoms with Gasteiger partial charge in [-0.05, 0) is 57.1 Å². The van der Waals surface area contributed by atoms with E-state index in [1.165, 1.54) is 27.4 Å². The Morgan fingerprint density at radius 1 is 1.33 bits per heavy atom. The Morgan fingerprint density at radius 3 is 2.79 bits per heavy atom. The Balaban J connectivity index is 0.000000181. The van der Waals surface area contributed by atoms with Crippen LogP contribution in [0.15, 0.2) is 50.7 Å². The van der Waals surface area contributed by atoms with Crippen LogP contribution in [0, 0.1) is 11.7 Å². The minimum absolute atomic E-state index is 0.265. The second kappa shape index (κ2) is 12.1. The number of azide groups is 1. The number of ether oxygens (including phenoxy) is 1. The molecule has 0 spiro atoms. The van der Waals surface area contributed by atoms with Gasteiger partial charge in [0, 0.05) is 48.8 Å². The number of aliphatic hydroxyl groups is 1. The van der Waals surface area contributed by atoms with Crippen LogP contribution in [0.4, 0.5) is 0 Å². The third kappa shape index (κ3) is 6.23. The monoisotopic (exact) mass is 554 g/mol. The number of nitrogens with one attached hydrogen (secondary N) is 2. The number of hydrogen-bond acceptors (Lipinski definition) is 7. The first-order valence-corrected chi connectivity index (χ1v) is 13.2. The van der Waals surface area contributed by atoms with E-state index < -0.39 is 29.6 Å². The van der Waals surface area contributed by atoms with Gasteiger partial charge in [-0.15, -0.1) is 0 Å². The molecule has 39 heavy (non-hydrogen) atoms. The van der Waals surface area contributed by atoms with Crippen molar-refractivity contribution in [1.82, 2.24) is 24.0 Å². The zero-order valence-electron chi connectivity index (χ0n) is 22.5. The van der Waals surface area contributed by atoms with E-state index >= 15 is 0 Å². The van der Waals surface area contributed by atoms with Crippen molar-refractivity contribution in [2.24, 2.45) is 5.11 Å². The van der Waals surface area contributed by atoms with Crippen molar-refractivity contribution in [1.29, 1.82) is 0 Å². The Labute approximate surface area is 230 Å². The molecule has 0 radical (unpaired) electrons. The lowest BCUT2D eigenvalue weighted by molar-refractivity contribution is -0.0271. The number of allylic oxidation sites excluding steroid dienone is 1. The van der Waals surface area contributed by atoms with Gasteiger partial charge in [-0.2, -0.15) is 0 Å². The standard InChI is InChI=1S/C16H21N3S.C10H13N5O4/c1-11(2)7-8-18-10-13-5-4-6-14-15(13)19(9-12(18)3)16(20)17-14;1-5-3-15(10(18)12-9(5)17)8-2-6(13-14-11)7(4-16)19-8/h4-7,12H,8-10H2,1-3H3,(H,17,20);3,6-8,16H,2,4H2,1H3,(H,12,17,18)/t;6-,7+,8+/m.0/s1. The average Bonchev–Trinajstić information content (AvgIpc) is 3.40. The molecule has 3 aromatic rings. The normalized spacial score (nSPS) is 22.5. The molecule has 3 N–H and O–H groups in total. The van der Waals surface area contributed by atoms with Crippen molar-refractivity contribution in [3.05, 3.63) is 83.2 Å². The van der Waals surface area contributed by atoms with Crippen LogP contribution in [0.25, 0.3) is 21.5 Å². The van der Waals surface area contributed by atoms with Gasteiger partial charge >= 0.3 is 5.69 Å². The van der Waals surface area contributed by atoms with Crippen LogP contribution in [0.5, 0.6) is 0 Å². The highest BCUT2D eigenvalue weighted by molar-refractivity contribution is 7.71. The smallest absolute Gasteiger partial charge is 0.330 e. The topological polar surface area (TPSA) is 157 Å². The number of para-hydroxylation sites is 1. The highest BCUT2D eigenvalue weighted by atomic mass is 32.1. The maximum Gasteiger partial charge on any atom is 0.330 e. The molecule has 2 aromatic heterocycles. The predicted octanol–water partition coefficient (Wildman–Crippen LogP) is 3.67. The van der Waals surface area contributed by atoms with Crippen LogP contribution in [0.3, 0.4) is 0 Å². The molecule has 0 aliphatic carbocycles. The number of aromatic nitrogens is 4. The number of aryl methyl sites for hydroxylation is 1. The molecule has 4 heterocycles. The molecular weight excluding hydrogens is 520 g/mol. The molecule has 0 saturated carbocycles. The Bertz CT molecular complexity index is 1590. The van der Waals surface area contributed by atoms with Gasteiger partial charge in [-0.25, -0.2) is 4.79 Å². The van der Waals surface area contributed by atoms with Crippen LogP contribution < -0.4 is 11.2 Å². The molecule has 0 bridgehead atoms. The molecule has 1 saturated heterocycles. The number of aliphatic hydroxyl groups excluding tert-OH is 1. The van der Waals surface area contributed by atoms with E-state index in [1.54, 1.807) is 6.92 Å². The molecule has 13 heteroatoms. The third-order valence-corrected chi connectivity index (χ3v) is 7.42. The molecule has 1 aromatic carbocycles. The van der Waals surface area contributed by atoms with Gasteiger partial charge in [0.2, 0.25) is 0 Å². The first-order chi connectivity index (χ1) is 18.6. The minimum atomic E-state index is -0.671. The highest BCUT2D eigenvalue weighted by Gasteiger charge is 2.35. The Morgan fingerprint density at radius 2 is 2.10 bits per heavy atom. The molecule has 0 amide bonds. The second-order valence-electron chi connectivity index (χ2n) is 10.2. The highest BCUT2D eigenvalue weighted by Crippen LogP contribution is 2.30. The van der Waals surface area contributed by atoms with Gasteiger partial charge < -0.3 is 19.4 Å². The van der Waals surface area contributed by atoms with Gasteiger partial charge in [0.15, 0.2) is 4.77 Å². The summed E-state index contributed by atoms with van der Waals surface area (Å²) < 4.78 is 9.79. The Hall–Kier alpha value is -3.48. The SMILES string of the molecule is CC(C)=CCN1Cc2cccc3[nH]c(=S)n(c23)CC1C.Cc1cn([C@H]2C[C@H](N=[N+]=[N-])[C@@H](CO)O2)c(=O)[nH]c1=O. The number of aromatic amines is 2. The summed E-state index contributed by atoms with van der Waals surface area (Å²) in [5, 5.41) is 12.7. The fourth-order valence-corrected chi connectivity index (χ4v) is 5.21. The van der Waals surface area contributed by atoms with Gasteiger partial charge in [-0.3, -0.25) is 19.2 Å². The van der Waals surface area contributed by atoms with Gasteiger partial charge in [0.25, 0.3) is 5.56 Å². The van der Waals surface area contributed by atoms with Crippen LogP contribution in [-0.2, 0) is 17.8 Å². The zero-order chi connectivity index (χ0) is 28.3. The molecule has 2 aliphatic rings. The molecule has 1 unspecified atom stereocenters. The molecule has 5 rings (SSSR count). The Kier molecular flexibility index (Phi) is 8.88. The van der Waals surface area contributed by atoms with Crippen molar-refractivity contribution in [3.8, 4) is 0 Å². The number of imidazole rings is 1. The number of benzene rings is 1. The summed E-state index contributed by atoms with van der Waals surface area (Å²) in [6, 6.07) is 6.38. The fraction of sp³-hybridized carbons (Fsp3) is 0.500. The summed E-state index contributed by atoms with van der Waals surface area (Å²) in [6.07, 6.45) is 2.63. The van der Waals surface area contributed by atoms with Crippen molar-refractivity contribution in [3.63, 3.8) is 0 Å². The van der Waals surface area contributed by atoms with E-state index in [-0.39, 0.29) is 13.0 Å². The summed E-state index contributed by atoms with van der Waals surface area (Å²) in [7, 11) is 0. The van der Waals surface area contributed by atoms with Crippen molar-refractivity contribution >= 4 is 23.3 Å². The third-order valence-electron chi connectivity index (χ3n) is 7.09. The molecule has 208 valence electrons. The lowest BCUT2D eigenvalue weighted by atomic mass is 10.1. The number of hydrogen-bond donors (Lipinski definition) is 3. The first kappa shape index (κ1) is 28.5. The van der Waals surface area contributed by atoms with Crippen molar-refractivity contribution in [2.75, 3.05) is 13.2 Å². The second-order valence-corrected chi connectivity index (χ2v) is 10.6. The van der Waals surface area contributed by atoms with E-state index in [0.717, 1.165) is 29.9 Å². The predicted molar refractivity (Wildman–Crippen MR) is 151 cm³/mol. The lowest BCUT2D eigenvalue weighted by Crippen LogP contribution is -2.34. The van der Waals surface area contributed by atoms with Gasteiger partial charge in [-0.1, -0.05) is 28.9 Å². The minimum Gasteiger partial charge on any atom is -0.394 e. The van der Waals surface area contributed by atoms with E-state index in [9.17, 15) is 9.59 Å². The molecule has 2 aliphatic heterocycles. The van der Waals surface area contributed by atoms with E-state index in [2.05, 4.69) is 74.5 Å². The van der Waals surface area contributed by atoms with E-state index in [1.807, 2.05) is 0 Å². The van der Waals surface area contributed by atoms with Crippen molar-refractivity contribution < 1.29 is 9.84 Å². The summed E-state index contributed by atoms with van der Waals surface area (Å²) in [4.78, 5) is 33.7. The van der Waals surface area contributed by atoms with Gasteiger partial charge in [0.1, 0.15) is 6.23 Å². The van der Waals surface area contributed by atoms with Crippen LogP contribution in [-0.4, -0.2) is 60.4 Å². The maximum atomic E-state index is 11.7. The van der Waals surface area contributed by atoms with Crippen LogP contribution in [0.1, 0.15) is 44.5 Å². The van der Waals surface area contributed by atoms with Crippen LogP contribution in [0.2, 0.25) is 0 Å².